The second-order valence-electron chi connectivity index (χ2n) is 8.21. The molecule has 1 N–H and O–H groups in total. The molecule has 0 radical (unpaired) electrons. The lowest BCUT2D eigenvalue weighted by molar-refractivity contribution is -0.113. The van der Waals surface area contributed by atoms with Crippen molar-refractivity contribution in [3.05, 3.63) is 64.4 Å². The minimum Gasteiger partial charge on any atom is -0.325 e. The van der Waals surface area contributed by atoms with Crippen molar-refractivity contribution in [2.75, 3.05) is 11.1 Å². The summed E-state index contributed by atoms with van der Waals surface area (Å²) in [6.45, 7) is 7.03. The number of fused-ring (bicyclic) bond motifs is 3. The molecule has 0 aliphatic rings. The molecular formula is C25H29N5O2S. The molecule has 1 amide bonds. The van der Waals surface area contributed by atoms with Crippen LogP contribution in [0.5, 0.6) is 0 Å². The highest BCUT2D eigenvalue weighted by Gasteiger charge is 2.17. The second-order valence-corrected chi connectivity index (χ2v) is 9.16. The van der Waals surface area contributed by atoms with E-state index in [1.807, 2.05) is 40.8 Å². The van der Waals surface area contributed by atoms with Crippen LogP contribution in [0.3, 0.4) is 0 Å². The van der Waals surface area contributed by atoms with E-state index in [1.165, 1.54) is 17.3 Å². The summed E-state index contributed by atoms with van der Waals surface area (Å²) in [4.78, 5) is 25.6. The van der Waals surface area contributed by atoms with Crippen molar-refractivity contribution >= 4 is 40.0 Å². The molecule has 0 spiro atoms. The molecule has 1 unspecified atom stereocenters. The van der Waals surface area contributed by atoms with Gasteiger partial charge in [-0.05, 0) is 48.6 Å². The Bertz CT molecular complexity index is 1330. The van der Waals surface area contributed by atoms with Gasteiger partial charge in [0.15, 0.2) is 5.16 Å². The Morgan fingerprint density at radius 1 is 1.09 bits per heavy atom. The first kappa shape index (κ1) is 23.0. The normalized spacial score (nSPS) is 12.3. The van der Waals surface area contributed by atoms with Crippen LogP contribution in [0, 0.1) is 0 Å². The number of nitrogens with zero attached hydrogens (tertiary/aromatic N) is 4. The predicted octanol–water partition coefficient (Wildman–Crippen LogP) is 5.09. The summed E-state index contributed by atoms with van der Waals surface area (Å²) < 4.78 is 3.56. The van der Waals surface area contributed by atoms with Crippen molar-refractivity contribution in [2.45, 2.75) is 57.7 Å². The first-order valence-corrected chi connectivity index (χ1v) is 12.4. The van der Waals surface area contributed by atoms with E-state index in [0.717, 1.165) is 30.5 Å². The van der Waals surface area contributed by atoms with Crippen LogP contribution in [0.4, 0.5) is 5.69 Å². The number of aromatic nitrogens is 4. The standard InChI is InChI=1S/C25H29N5O2S/c1-4-6-15-29-23(32)20-9-7-8-10-21(20)30-24(29)27-28-25(30)33-16-22(31)26-19-13-11-18(12-14-19)17(3)5-2/h7-14,17H,4-6,15-16H2,1-3H3,(H,26,31). The molecule has 0 saturated carbocycles. The number of carbonyl (C=O) groups excluding carboxylic acids is 1. The molecule has 8 heteroatoms. The zero-order valence-corrected chi connectivity index (χ0v) is 20.1. The summed E-state index contributed by atoms with van der Waals surface area (Å²) >= 11 is 1.31. The van der Waals surface area contributed by atoms with E-state index in [1.54, 1.807) is 4.57 Å². The van der Waals surface area contributed by atoms with Gasteiger partial charge in [-0.3, -0.25) is 18.6 Å². The Kier molecular flexibility index (Phi) is 7.13. The first-order valence-electron chi connectivity index (χ1n) is 11.4. The summed E-state index contributed by atoms with van der Waals surface area (Å²) in [5.74, 6) is 1.08. The number of hydrogen-bond acceptors (Lipinski definition) is 5. The minimum absolute atomic E-state index is 0.0610. The van der Waals surface area contributed by atoms with Crippen LogP contribution in [0.1, 0.15) is 51.5 Å². The zero-order valence-electron chi connectivity index (χ0n) is 19.2. The Labute approximate surface area is 197 Å². The highest BCUT2D eigenvalue weighted by molar-refractivity contribution is 7.99. The molecule has 33 heavy (non-hydrogen) atoms. The summed E-state index contributed by atoms with van der Waals surface area (Å²) in [5, 5.41) is 12.8. The molecule has 0 saturated heterocycles. The fourth-order valence-corrected chi connectivity index (χ4v) is 4.54. The van der Waals surface area contributed by atoms with E-state index in [0.29, 0.717) is 28.8 Å². The molecule has 2 heterocycles. The van der Waals surface area contributed by atoms with Crippen molar-refractivity contribution in [3.8, 4) is 0 Å². The van der Waals surface area contributed by atoms with E-state index in [2.05, 4.69) is 48.4 Å². The summed E-state index contributed by atoms with van der Waals surface area (Å²) in [6, 6.07) is 15.5. The number of nitrogens with one attached hydrogen (secondary N) is 1. The molecule has 0 fully saturated rings. The van der Waals surface area contributed by atoms with E-state index >= 15 is 0 Å². The fourth-order valence-electron chi connectivity index (χ4n) is 3.80. The van der Waals surface area contributed by atoms with Gasteiger partial charge in [0, 0.05) is 12.2 Å². The topological polar surface area (TPSA) is 81.3 Å². The number of rotatable bonds is 9. The number of aryl methyl sites for hydroxylation is 1. The van der Waals surface area contributed by atoms with Gasteiger partial charge >= 0.3 is 0 Å². The highest BCUT2D eigenvalue weighted by Crippen LogP contribution is 2.23. The smallest absolute Gasteiger partial charge is 0.262 e. The van der Waals surface area contributed by atoms with Crippen molar-refractivity contribution in [3.63, 3.8) is 0 Å². The Hall–Kier alpha value is -3.13. The third kappa shape index (κ3) is 4.80. The van der Waals surface area contributed by atoms with Gasteiger partial charge in [0.25, 0.3) is 5.56 Å². The Morgan fingerprint density at radius 2 is 1.85 bits per heavy atom. The van der Waals surface area contributed by atoms with Gasteiger partial charge in [0.2, 0.25) is 11.7 Å². The largest absolute Gasteiger partial charge is 0.325 e. The van der Waals surface area contributed by atoms with Crippen LogP contribution in [0.25, 0.3) is 16.7 Å². The summed E-state index contributed by atoms with van der Waals surface area (Å²) in [5.41, 5.74) is 2.73. The molecule has 0 aliphatic carbocycles. The van der Waals surface area contributed by atoms with Crippen LogP contribution in [-0.2, 0) is 11.3 Å². The maximum Gasteiger partial charge on any atom is 0.262 e. The first-order chi connectivity index (χ1) is 16.0. The summed E-state index contributed by atoms with van der Waals surface area (Å²) in [7, 11) is 0. The van der Waals surface area contributed by atoms with Crippen molar-refractivity contribution < 1.29 is 4.79 Å². The third-order valence-corrected chi connectivity index (χ3v) is 6.85. The fraction of sp³-hybridized carbons (Fsp3) is 0.360. The van der Waals surface area contributed by atoms with Gasteiger partial charge in [-0.2, -0.15) is 0 Å². The van der Waals surface area contributed by atoms with Crippen LogP contribution >= 0.6 is 11.8 Å². The van der Waals surface area contributed by atoms with E-state index < -0.39 is 0 Å². The maximum absolute atomic E-state index is 13.0. The average Bonchev–Trinajstić information content (AvgIpc) is 3.26. The number of carbonyl (C=O) groups is 1. The van der Waals surface area contributed by atoms with Gasteiger partial charge in [0.1, 0.15) is 0 Å². The predicted molar refractivity (Wildman–Crippen MR) is 134 cm³/mol. The number of hydrogen-bond donors (Lipinski definition) is 1. The van der Waals surface area contributed by atoms with Crippen LogP contribution in [0.2, 0.25) is 0 Å². The van der Waals surface area contributed by atoms with Crippen LogP contribution in [-0.4, -0.2) is 30.8 Å². The highest BCUT2D eigenvalue weighted by atomic mass is 32.2. The minimum atomic E-state index is -0.114. The average molecular weight is 464 g/mol. The molecule has 0 bridgehead atoms. The van der Waals surface area contributed by atoms with E-state index in [9.17, 15) is 9.59 Å². The Morgan fingerprint density at radius 3 is 2.58 bits per heavy atom. The van der Waals surface area contributed by atoms with E-state index in [4.69, 9.17) is 0 Å². The molecule has 7 nitrogen and oxygen atoms in total. The molecular weight excluding hydrogens is 434 g/mol. The number of para-hydroxylation sites is 1. The second kappa shape index (κ2) is 10.2. The lowest BCUT2D eigenvalue weighted by atomic mass is 9.99. The molecule has 2 aromatic heterocycles. The van der Waals surface area contributed by atoms with Crippen LogP contribution < -0.4 is 10.9 Å². The van der Waals surface area contributed by atoms with Crippen molar-refractivity contribution in [1.82, 2.24) is 19.2 Å². The lowest BCUT2D eigenvalue weighted by Gasteiger charge is -2.11. The van der Waals surface area contributed by atoms with Crippen molar-refractivity contribution in [2.24, 2.45) is 0 Å². The van der Waals surface area contributed by atoms with Crippen molar-refractivity contribution in [1.29, 1.82) is 0 Å². The number of amides is 1. The van der Waals surface area contributed by atoms with Gasteiger partial charge in [-0.25, -0.2) is 0 Å². The molecule has 1 atom stereocenters. The van der Waals surface area contributed by atoms with E-state index in [-0.39, 0.29) is 17.2 Å². The SMILES string of the molecule is CCCCn1c(=O)c2ccccc2n2c(SCC(=O)Nc3ccc(C(C)CC)cc3)nnc12. The lowest BCUT2D eigenvalue weighted by Crippen LogP contribution is -2.23. The monoisotopic (exact) mass is 463 g/mol. The quantitative estimate of drug-likeness (QED) is 0.350. The number of thioether (sulfide) groups is 1. The molecule has 4 rings (SSSR count). The molecule has 172 valence electrons. The maximum atomic E-state index is 13.0. The van der Waals surface area contributed by atoms with Gasteiger partial charge < -0.3 is 5.32 Å². The van der Waals surface area contributed by atoms with Gasteiger partial charge in [-0.1, -0.05) is 63.2 Å². The molecule has 4 aromatic rings. The van der Waals surface area contributed by atoms with Gasteiger partial charge in [0.05, 0.1) is 16.7 Å². The number of unbranched alkanes of at least 4 members (excludes halogenated alkanes) is 1. The number of benzene rings is 2. The summed E-state index contributed by atoms with van der Waals surface area (Å²) in [6.07, 6.45) is 2.93. The molecule has 0 aliphatic heterocycles. The Balaban J connectivity index is 1.56. The number of anilines is 1. The third-order valence-electron chi connectivity index (χ3n) is 5.92. The van der Waals surface area contributed by atoms with Gasteiger partial charge in [-0.15, -0.1) is 10.2 Å². The molecule has 2 aromatic carbocycles. The zero-order chi connectivity index (χ0) is 23.4. The van der Waals surface area contributed by atoms with Crippen LogP contribution in [0.15, 0.2) is 58.5 Å².